The van der Waals surface area contributed by atoms with Crippen LogP contribution in [0.5, 0.6) is 5.88 Å². The molecule has 0 radical (unpaired) electrons. The maximum absolute atomic E-state index is 12.4. The van der Waals surface area contributed by atoms with Crippen LogP contribution in [0.25, 0.3) is 0 Å². The summed E-state index contributed by atoms with van der Waals surface area (Å²) in [6.45, 7) is 3.00. The second-order valence-electron chi connectivity index (χ2n) is 5.08. The highest BCUT2D eigenvalue weighted by Gasteiger charge is 2.23. The molecule has 6 heteroatoms. The Hall–Kier alpha value is -2.63. The van der Waals surface area contributed by atoms with Gasteiger partial charge in [0.15, 0.2) is 5.69 Å². The Morgan fingerprint density at radius 1 is 1.00 bits per heavy atom. The average molecular weight is 298 g/mol. The summed E-state index contributed by atoms with van der Waals surface area (Å²) in [7, 11) is 1.52. The van der Waals surface area contributed by atoms with Crippen LogP contribution in [0.3, 0.4) is 0 Å². The van der Waals surface area contributed by atoms with Crippen LogP contribution < -0.4 is 9.64 Å². The highest BCUT2D eigenvalue weighted by Crippen LogP contribution is 2.16. The van der Waals surface area contributed by atoms with E-state index in [0.29, 0.717) is 24.7 Å². The number of hydrogen-bond acceptors (Lipinski definition) is 5. The van der Waals surface area contributed by atoms with Crippen molar-refractivity contribution < 1.29 is 9.53 Å². The number of ether oxygens (including phenoxy) is 1. The van der Waals surface area contributed by atoms with Crippen LogP contribution in [0.2, 0.25) is 0 Å². The van der Waals surface area contributed by atoms with Gasteiger partial charge in [0.2, 0.25) is 5.88 Å². The fourth-order valence-electron chi connectivity index (χ4n) is 2.51. The summed E-state index contributed by atoms with van der Waals surface area (Å²) in [5.74, 6) is 0.327. The molecule has 0 spiro atoms. The van der Waals surface area contributed by atoms with E-state index in [4.69, 9.17) is 4.74 Å². The molecule has 6 nitrogen and oxygen atoms in total. The van der Waals surface area contributed by atoms with Gasteiger partial charge in [-0.2, -0.15) is 0 Å². The first kappa shape index (κ1) is 14.3. The Bertz CT molecular complexity index is 622. The molecule has 0 aliphatic carbocycles. The number of amides is 1. The molecule has 1 aromatic carbocycles. The van der Waals surface area contributed by atoms with Gasteiger partial charge in [-0.15, -0.1) is 10.2 Å². The van der Waals surface area contributed by atoms with Gasteiger partial charge in [-0.05, 0) is 18.2 Å². The average Bonchev–Trinajstić information content (AvgIpc) is 2.62. The van der Waals surface area contributed by atoms with Gasteiger partial charge in [0.25, 0.3) is 5.91 Å². The molecule has 1 aliphatic heterocycles. The lowest BCUT2D eigenvalue weighted by Gasteiger charge is -2.35. The molecule has 1 fully saturated rings. The van der Waals surface area contributed by atoms with Crippen LogP contribution in [0.15, 0.2) is 42.5 Å². The van der Waals surface area contributed by atoms with Crippen molar-refractivity contribution in [3.8, 4) is 5.88 Å². The van der Waals surface area contributed by atoms with E-state index in [1.807, 2.05) is 23.1 Å². The molecular formula is C16H18N4O2. The van der Waals surface area contributed by atoms with Crippen LogP contribution >= 0.6 is 0 Å². The topological polar surface area (TPSA) is 58.6 Å². The number of methoxy groups -OCH3 is 1. The minimum Gasteiger partial charge on any atom is -0.480 e. The van der Waals surface area contributed by atoms with Crippen molar-refractivity contribution in [2.75, 3.05) is 38.2 Å². The zero-order chi connectivity index (χ0) is 15.4. The second-order valence-corrected chi connectivity index (χ2v) is 5.08. The van der Waals surface area contributed by atoms with E-state index in [2.05, 4.69) is 27.2 Å². The quantitative estimate of drug-likeness (QED) is 0.858. The Morgan fingerprint density at radius 2 is 1.73 bits per heavy atom. The number of anilines is 1. The summed E-state index contributed by atoms with van der Waals surface area (Å²) >= 11 is 0. The van der Waals surface area contributed by atoms with Gasteiger partial charge in [-0.3, -0.25) is 4.79 Å². The highest BCUT2D eigenvalue weighted by atomic mass is 16.5. The summed E-state index contributed by atoms with van der Waals surface area (Å²) in [5, 5.41) is 7.77. The van der Waals surface area contributed by atoms with E-state index < -0.39 is 0 Å². The van der Waals surface area contributed by atoms with Gasteiger partial charge in [0.05, 0.1) is 7.11 Å². The lowest BCUT2D eigenvalue weighted by Crippen LogP contribution is -2.49. The summed E-state index contributed by atoms with van der Waals surface area (Å²) in [4.78, 5) is 16.5. The van der Waals surface area contributed by atoms with E-state index in [0.717, 1.165) is 13.1 Å². The first-order chi connectivity index (χ1) is 10.8. The molecule has 114 valence electrons. The largest absolute Gasteiger partial charge is 0.480 e. The van der Waals surface area contributed by atoms with Gasteiger partial charge in [-0.25, -0.2) is 0 Å². The van der Waals surface area contributed by atoms with Crippen molar-refractivity contribution in [2.24, 2.45) is 0 Å². The molecule has 3 rings (SSSR count). The molecule has 1 amide bonds. The predicted octanol–water partition coefficient (Wildman–Crippen LogP) is 1.45. The van der Waals surface area contributed by atoms with E-state index in [-0.39, 0.29) is 5.91 Å². The first-order valence-corrected chi connectivity index (χ1v) is 7.25. The molecule has 0 unspecified atom stereocenters. The van der Waals surface area contributed by atoms with Gasteiger partial charge in [0.1, 0.15) is 0 Å². The Balaban J connectivity index is 1.62. The second kappa shape index (κ2) is 6.43. The molecule has 2 aromatic rings. The van der Waals surface area contributed by atoms with Crippen molar-refractivity contribution in [1.29, 1.82) is 0 Å². The van der Waals surface area contributed by atoms with Crippen LogP contribution in [-0.2, 0) is 0 Å². The number of carbonyl (C=O) groups excluding carboxylic acids is 1. The fraction of sp³-hybridized carbons (Fsp3) is 0.312. The standard InChI is InChI=1S/C16H18N4O2/c1-22-15-8-7-14(17-18-15)16(21)20-11-9-19(10-12-20)13-5-3-2-4-6-13/h2-8H,9-12H2,1H3. The van der Waals surface area contributed by atoms with Gasteiger partial charge >= 0.3 is 0 Å². The normalized spacial score (nSPS) is 14.8. The maximum Gasteiger partial charge on any atom is 0.274 e. The summed E-state index contributed by atoms with van der Waals surface area (Å²) in [6.07, 6.45) is 0. The third kappa shape index (κ3) is 3.00. The third-order valence-electron chi connectivity index (χ3n) is 3.76. The van der Waals surface area contributed by atoms with Crippen LogP contribution in [0.1, 0.15) is 10.5 Å². The molecule has 22 heavy (non-hydrogen) atoms. The SMILES string of the molecule is COc1ccc(C(=O)N2CCN(c3ccccc3)CC2)nn1. The molecule has 0 atom stereocenters. The number of piperazine rings is 1. The third-order valence-corrected chi connectivity index (χ3v) is 3.76. The number of aromatic nitrogens is 2. The maximum atomic E-state index is 12.4. The molecule has 0 bridgehead atoms. The molecule has 1 aliphatic rings. The van der Waals surface area contributed by atoms with Crippen molar-refractivity contribution in [2.45, 2.75) is 0 Å². The smallest absolute Gasteiger partial charge is 0.274 e. The number of benzene rings is 1. The monoisotopic (exact) mass is 298 g/mol. The highest BCUT2D eigenvalue weighted by molar-refractivity contribution is 5.92. The molecule has 0 N–H and O–H groups in total. The molecule has 1 aromatic heterocycles. The Labute approximate surface area is 129 Å². The van der Waals surface area contributed by atoms with Crippen molar-refractivity contribution in [1.82, 2.24) is 15.1 Å². The van der Waals surface area contributed by atoms with Crippen molar-refractivity contribution in [3.05, 3.63) is 48.2 Å². The van der Waals surface area contributed by atoms with E-state index in [1.165, 1.54) is 12.8 Å². The zero-order valence-electron chi connectivity index (χ0n) is 12.5. The molecule has 2 heterocycles. The van der Waals surface area contributed by atoms with Crippen LogP contribution in [-0.4, -0.2) is 54.3 Å². The van der Waals surface area contributed by atoms with Gasteiger partial charge in [0, 0.05) is 37.9 Å². The van der Waals surface area contributed by atoms with E-state index >= 15 is 0 Å². The van der Waals surface area contributed by atoms with Crippen LogP contribution in [0, 0.1) is 0 Å². The zero-order valence-corrected chi connectivity index (χ0v) is 12.5. The number of para-hydroxylation sites is 1. The van der Waals surface area contributed by atoms with Gasteiger partial charge in [-0.1, -0.05) is 18.2 Å². The fourth-order valence-corrected chi connectivity index (χ4v) is 2.51. The Morgan fingerprint density at radius 3 is 2.32 bits per heavy atom. The lowest BCUT2D eigenvalue weighted by atomic mass is 10.2. The van der Waals surface area contributed by atoms with Crippen molar-refractivity contribution >= 4 is 11.6 Å². The van der Waals surface area contributed by atoms with E-state index in [1.54, 1.807) is 12.1 Å². The Kier molecular flexibility index (Phi) is 4.18. The minimum absolute atomic E-state index is 0.0807. The van der Waals surface area contributed by atoms with Gasteiger partial charge < -0.3 is 14.5 Å². The minimum atomic E-state index is -0.0807. The number of hydrogen-bond donors (Lipinski definition) is 0. The summed E-state index contributed by atoms with van der Waals surface area (Å²) in [5.41, 5.74) is 1.55. The summed E-state index contributed by atoms with van der Waals surface area (Å²) < 4.78 is 4.95. The number of rotatable bonds is 3. The lowest BCUT2D eigenvalue weighted by molar-refractivity contribution is 0.0739. The first-order valence-electron chi connectivity index (χ1n) is 7.25. The predicted molar refractivity (Wildman–Crippen MR) is 83.1 cm³/mol. The van der Waals surface area contributed by atoms with Crippen LogP contribution in [0.4, 0.5) is 5.69 Å². The van der Waals surface area contributed by atoms with Crippen molar-refractivity contribution in [3.63, 3.8) is 0 Å². The number of carbonyl (C=O) groups is 1. The molecule has 0 saturated carbocycles. The molecular weight excluding hydrogens is 280 g/mol. The molecule has 1 saturated heterocycles. The number of nitrogens with zero attached hydrogens (tertiary/aromatic N) is 4. The summed E-state index contributed by atoms with van der Waals surface area (Å²) in [6, 6.07) is 13.5. The van der Waals surface area contributed by atoms with E-state index in [9.17, 15) is 4.79 Å².